The molecule has 1 aromatic carbocycles. The molecule has 0 N–H and O–H groups in total. The third-order valence-corrected chi connectivity index (χ3v) is 4.36. The van der Waals surface area contributed by atoms with Gasteiger partial charge in [-0.1, -0.05) is 25.0 Å². The lowest BCUT2D eigenvalue weighted by Crippen LogP contribution is -2.30. The van der Waals surface area contributed by atoms with Crippen LogP contribution in [0.3, 0.4) is 0 Å². The highest BCUT2D eigenvalue weighted by Crippen LogP contribution is 2.38. The van der Waals surface area contributed by atoms with Crippen LogP contribution in [0.2, 0.25) is 0 Å². The zero-order chi connectivity index (χ0) is 14.1. The number of hydrogen-bond donors (Lipinski definition) is 0. The van der Waals surface area contributed by atoms with Crippen LogP contribution in [0.1, 0.15) is 36.8 Å². The van der Waals surface area contributed by atoms with Crippen molar-refractivity contribution in [3.63, 3.8) is 0 Å². The van der Waals surface area contributed by atoms with Crippen molar-refractivity contribution in [2.75, 3.05) is 0 Å². The van der Waals surface area contributed by atoms with Gasteiger partial charge in [0.2, 0.25) is 11.8 Å². The third kappa shape index (κ3) is 2.09. The van der Waals surface area contributed by atoms with Gasteiger partial charge in [0.1, 0.15) is 0 Å². The van der Waals surface area contributed by atoms with Crippen molar-refractivity contribution in [3.8, 4) is 6.07 Å². The van der Waals surface area contributed by atoms with E-state index in [1.54, 1.807) is 24.3 Å². The number of carbonyl (C=O) groups is 2. The van der Waals surface area contributed by atoms with Crippen LogP contribution in [0.25, 0.3) is 0 Å². The van der Waals surface area contributed by atoms with Crippen molar-refractivity contribution < 1.29 is 9.59 Å². The molecule has 4 heteroatoms. The van der Waals surface area contributed by atoms with Crippen molar-refractivity contribution in [2.24, 2.45) is 11.8 Å². The number of imide groups is 1. The molecule has 0 spiro atoms. The predicted molar refractivity (Wildman–Crippen MR) is 72.2 cm³/mol. The quantitative estimate of drug-likeness (QED) is 0.773. The fourth-order valence-corrected chi connectivity index (χ4v) is 3.25. The number of amides is 2. The monoisotopic (exact) mass is 268 g/mol. The van der Waals surface area contributed by atoms with Gasteiger partial charge in [0, 0.05) is 0 Å². The largest absolute Gasteiger partial charge is 0.278 e. The van der Waals surface area contributed by atoms with E-state index >= 15 is 0 Å². The summed E-state index contributed by atoms with van der Waals surface area (Å²) in [6.07, 6.45) is 3.79. The summed E-state index contributed by atoms with van der Waals surface area (Å²) in [5.41, 5.74) is 1.48. The summed E-state index contributed by atoms with van der Waals surface area (Å²) in [4.78, 5) is 26.1. The average molecular weight is 268 g/mol. The van der Waals surface area contributed by atoms with Crippen molar-refractivity contribution >= 4 is 11.8 Å². The zero-order valence-corrected chi connectivity index (χ0v) is 11.2. The van der Waals surface area contributed by atoms with E-state index in [-0.39, 0.29) is 23.7 Å². The van der Waals surface area contributed by atoms with Crippen LogP contribution in [0.4, 0.5) is 0 Å². The summed E-state index contributed by atoms with van der Waals surface area (Å²) in [6, 6.07) is 9.10. The van der Waals surface area contributed by atoms with Crippen molar-refractivity contribution in [2.45, 2.75) is 32.2 Å². The van der Waals surface area contributed by atoms with E-state index < -0.39 is 0 Å². The summed E-state index contributed by atoms with van der Waals surface area (Å²) >= 11 is 0. The van der Waals surface area contributed by atoms with Crippen LogP contribution in [0, 0.1) is 23.2 Å². The predicted octanol–water partition coefficient (Wildman–Crippen LogP) is 2.23. The molecule has 0 radical (unpaired) electrons. The van der Waals surface area contributed by atoms with Gasteiger partial charge < -0.3 is 0 Å². The highest BCUT2D eigenvalue weighted by molar-refractivity contribution is 6.05. The summed E-state index contributed by atoms with van der Waals surface area (Å²) in [7, 11) is 0. The minimum atomic E-state index is -0.0883. The van der Waals surface area contributed by atoms with E-state index in [0.29, 0.717) is 12.1 Å². The molecular formula is C16H16N2O2. The average Bonchev–Trinajstić information content (AvgIpc) is 2.74. The van der Waals surface area contributed by atoms with Crippen LogP contribution < -0.4 is 0 Å². The molecular weight excluding hydrogens is 252 g/mol. The van der Waals surface area contributed by atoms with E-state index in [4.69, 9.17) is 5.26 Å². The lowest BCUT2D eigenvalue weighted by Gasteiger charge is -2.19. The fraction of sp³-hybridized carbons (Fsp3) is 0.438. The Labute approximate surface area is 118 Å². The normalized spacial score (nSPS) is 25.4. The molecule has 3 rings (SSSR count). The Kier molecular flexibility index (Phi) is 3.27. The zero-order valence-electron chi connectivity index (χ0n) is 11.2. The molecule has 1 saturated heterocycles. The van der Waals surface area contributed by atoms with E-state index in [1.165, 1.54) is 4.90 Å². The van der Waals surface area contributed by atoms with E-state index in [2.05, 4.69) is 6.07 Å². The maximum atomic E-state index is 12.3. The first-order chi connectivity index (χ1) is 9.70. The van der Waals surface area contributed by atoms with Crippen molar-refractivity contribution in [1.29, 1.82) is 5.26 Å². The lowest BCUT2D eigenvalue weighted by molar-refractivity contribution is -0.140. The minimum Gasteiger partial charge on any atom is -0.278 e. The van der Waals surface area contributed by atoms with Gasteiger partial charge in [0.15, 0.2) is 0 Å². The van der Waals surface area contributed by atoms with E-state index in [0.717, 1.165) is 31.2 Å². The molecule has 0 unspecified atom stereocenters. The number of hydrogen-bond acceptors (Lipinski definition) is 3. The topological polar surface area (TPSA) is 61.2 Å². The number of nitriles is 1. The Balaban J connectivity index is 1.78. The second kappa shape index (κ2) is 5.09. The summed E-state index contributed by atoms with van der Waals surface area (Å²) in [5.74, 6) is -0.197. The third-order valence-electron chi connectivity index (χ3n) is 4.36. The molecule has 1 aliphatic heterocycles. The SMILES string of the molecule is N#Cc1ccc(CN2C(=O)[C@H]3CCCC[C@@H]3C2=O)cc1. The van der Waals surface area contributed by atoms with Gasteiger partial charge in [-0.3, -0.25) is 14.5 Å². The number of fused-ring (bicyclic) bond motifs is 1. The molecule has 0 aromatic heterocycles. The van der Waals surface area contributed by atoms with E-state index in [9.17, 15) is 9.59 Å². The maximum absolute atomic E-state index is 12.3. The smallest absolute Gasteiger partial charge is 0.233 e. The summed E-state index contributed by atoms with van der Waals surface area (Å²) in [5, 5.41) is 8.77. The molecule has 1 aliphatic carbocycles. The fourth-order valence-electron chi connectivity index (χ4n) is 3.25. The summed E-state index contributed by atoms with van der Waals surface area (Å²) in [6.45, 7) is 0.330. The molecule has 2 aliphatic rings. The molecule has 0 bridgehead atoms. The molecule has 2 amide bonds. The molecule has 2 fully saturated rings. The second-order valence-electron chi connectivity index (χ2n) is 5.57. The molecule has 1 aromatic rings. The van der Waals surface area contributed by atoms with Gasteiger partial charge in [0.05, 0.1) is 30.0 Å². The number of rotatable bonds is 2. The Hall–Kier alpha value is -2.15. The molecule has 102 valence electrons. The molecule has 1 heterocycles. The molecule has 20 heavy (non-hydrogen) atoms. The number of benzene rings is 1. The molecule has 4 nitrogen and oxygen atoms in total. The maximum Gasteiger partial charge on any atom is 0.233 e. The van der Waals surface area contributed by atoms with Crippen molar-refractivity contribution in [3.05, 3.63) is 35.4 Å². The van der Waals surface area contributed by atoms with Gasteiger partial charge in [-0.15, -0.1) is 0 Å². The van der Waals surface area contributed by atoms with Crippen molar-refractivity contribution in [1.82, 2.24) is 4.90 Å². The second-order valence-corrected chi connectivity index (χ2v) is 5.57. The molecule has 2 atom stereocenters. The Bertz CT molecular complexity index is 561. The van der Waals surface area contributed by atoms with Crippen LogP contribution in [0.5, 0.6) is 0 Å². The van der Waals surface area contributed by atoms with E-state index in [1.807, 2.05) is 0 Å². The Morgan fingerprint density at radius 2 is 1.60 bits per heavy atom. The standard InChI is InChI=1S/C16H16N2O2/c17-9-11-5-7-12(8-6-11)10-18-15(19)13-3-1-2-4-14(13)16(18)20/h5-8,13-14H,1-4,10H2/t13-,14-/m0/s1. The van der Waals surface area contributed by atoms with Gasteiger partial charge in [-0.2, -0.15) is 5.26 Å². The number of likely N-dealkylation sites (tertiary alicyclic amines) is 1. The van der Waals surface area contributed by atoms with Crippen LogP contribution in [-0.4, -0.2) is 16.7 Å². The minimum absolute atomic E-state index is 0.0101. The summed E-state index contributed by atoms with van der Waals surface area (Å²) < 4.78 is 0. The first-order valence-electron chi connectivity index (χ1n) is 7.05. The first kappa shape index (κ1) is 12.9. The Morgan fingerprint density at radius 3 is 2.10 bits per heavy atom. The highest BCUT2D eigenvalue weighted by atomic mass is 16.2. The number of nitrogens with zero attached hydrogens (tertiary/aromatic N) is 2. The first-order valence-corrected chi connectivity index (χ1v) is 7.05. The highest BCUT2D eigenvalue weighted by Gasteiger charge is 2.47. The van der Waals surface area contributed by atoms with Crippen LogP contribution in [-0.2, 0) is 16.1 Å². The van der Waals surface area contributed by atoms with Gasteiger partial charge in [-0.25, -0.2) is 0 Å². The van der Waals surface area contributed by atoms with Gasteiger partial charge in [0.25, 0.3) is 0 Å². The van der Waals surface area contributed by atoms with Gasteiger partial charge in [-0.05, 0) is 30.5 Å². The Morgan fingerprint density at radius 1 is 1.05 bits per heavy atom. The van der Waals surface area contributed by atoms with Crippen LogP contribution in [0.15, 0.2) is 24.3 Å². The number of carbonyl (C=O) groups excluding carboxylic acids is 2. The lowest BCUT2D eigenvalue weighted by atomic mass is 9.81. The molecule has 1 saturated carbocycles. The van der Waals surface area contributed by atoms with Gasteiger partial charge >= 0.3 is 0 Å². The van der Waals surface area contributed by atoms with Crippen LogP contribution >= 0.6 is 0 Å².